The average Bonchev–Trinajstić information content (AvgIpc) is 2.53. The molecule has 1 amide bonds. The number of amides is 1. The van der Waals surface area contributed by atoms with Crippen molar-refractivity contribution in [2.24, 2.45) is 11.3 Å². The van der Waals surface area contributed by atoms with Crippen LogP contribution in [0, 0.1) is 11.3 Å². The first-order valence-corrected chi connectivity index (χ1v) is 8.57. The summed E-state index contributed by atoms with van der Waals surface area (Å²) in [5, 5.41) is 3.42. The third kappa shape index (κ3) is 4.57. The lowest BCUT2D eigenvalue weighted by molar-refractivity contribution is -0.141. The minimum absolute atomic E-state index is 0.304. The van der Waals surface area contributed by atoms with Crippen LogP contribution < -0.4 is 5.32 Å². The van der Waals surface area contributed by atoms with Crippen molar-refractivity contribution in [1.29, 1.82) is 0 Å². The number of nitrogens with one attached hydrogen (secondary N) is 1. The van der Waals surface area contributed by atoms with E-state index < -0.39 is 0 Å². The van der Waals surface area contributed by atoms with Gasteiger partial charge < -0.3 is 10.2 Å². The number of carbonyl (C=O) groups is 1. The van der Waals surface area contributed by atoms with Gasteiger partial charge in [-0.05, 0) is 43.8 Å². The molecule has 0 spiro atoms. The van der Waals surface area contributed by atoms with Crippen molar-refractivity contribution >= 4 is 5.91 Å². The van der Waals surface area contributed by atoms with Gasteiger partial charge in [0, 0.05) is 18.5 Å². The van der Waals surface area contributed by atoms with E-state index in [4.69, 9.17) is 0 Å². The zero-order valence-corrected chi connectivity index (χ0v) is 14.3. The largest absolute Gasteiger partial charge is 0.342 e. The first-order valence-electron chi connectivity index (χ1n) is 8.57. The molecule has 22 heavy (non-hydrogen) atoms. The van der Waals surface area contributed by atoms with Crippen molar-refractivity contribution in [3.8, 4) is 0 Å². The van der Waals surface area contributed by atoms with Crippen molar-refractivity contribution in [2.45, 2.75) is 40.0 Å². The lowest BCUT2D eigenvalue weighted by atomic mass is 9.83. The summed E-state index contributed by atoms with van der Waals surface area (Å²) in [5.41, 5.74) is 0.915. The van der Waals surface area contributed by atoms with E-state index in [2.05, 4.69) is 43.1 Å². The first-order chi connectivity index (χ1) is 10.5. The molecular weight excluding hydrogens is 272 g/mol. The van der Waals surface area contributed by atoms with Crippen molar-refractivity contribution < 1.29 is 4.79 Å². The predicted octanol–water partition coefficient (Wildman–Crippen LogP) is 3.10. The minimum atomic E-state index is -0.324. The van der Waals surface area contributed by atoms with Crippen LogP contribution in [0.15, 0.2) is 30.3 Å². The molecule has 2 rings (SSSR count). The highest BCUT2D eigenvalue weighted by atomic mass is 16.2. The second-order valence-electron chi connectivity index (χ2n) is 7.09. The normalized spacial score (nSPS) is 16.8. The Kier molecular flexibility index (Phi) is 6.01. The molecule has 1 aromatic carbocycles. The van der Waals surface area contributed by atoms with Crippen molar-refractivity contribution in [2.75, 3.05) is 26.2 Å². The Morgan fingerprint density at radius 2 is 1.86 bits per heavy atom. The summed E-state index contributed by atoms with van der Waals surface area (Å²) in [6.45, 7) is 10.2. The Labute approximate surface area is 135 Å². The number of nitrogens with zero attached hydrogens (tertiary/aromatic N) is 1. The second kappa shape index (κ2) is 7.77. The van der Waals surface area contributed by atoms with Crippen LogP contribution in [0.25, 0.3) is 0 Å². The molecule has 0 atom stereocenters. The molecule has 3 nitrogen and oxygen atoms in total. The molecule has 1 N–H and O–H groups in total. The van der Waals surface area contributed by atoms with E-state index in [9.17, 15) is 4.79 Å². The summed E-state index contributed by atoms with van der Waals surface area (Å²) < 4.78 is 0. The number of likely N-dealkylation sites (tertiary alicyclic amines) is 1. The smallest absolute Gasteiger partial charge is 0.228 e. The van der Waals surface area contributed by atoms with Crippen molar-refractivity contribution in [1.82, 2.24) is 10.2 Å². The summed E-state index contributed by atoms with van der Waals surface area (Å²) in [5.74, 6) is 1.03. The Hall–Kier alpha value is -1.35. The number of piperidine rings is 1. The number of hydrogen-bond acceptors (Lipinski definition) is 2. The Balaban J connectivity index is 1.88. The van der Waals surface area contributed by atoms with E-state index in [0.717, 1.165) is 51.4 Å². The Bertz CT molecular complexity index is 462. The molecule has 0 unspecified atom stereocenters. The molecule has 0 bridgehead atoms. The molecule has 0 radical (unpaired) electrons. The summed E-state index contributed by atoms with van der Waals surface area (Å²) >= 11 is 0. The van der Waals surface area contributed by atoms with Crippen molar-refractivity contribution in [3.05, 3.63) is 35.9 Å². The fourth-order valence-electron chi connectivity index (χ4n) is 3.30. The Morgan fingerprint density at radius 3 is 2.45 bits per heavy atom. The van der Waals surface area contributed by atoms with Gasteiger partial charge in [0.05, 0.1) is 0 Å². The van der Waals surface area contributed by atoms with E-state index in [-0.39, 0.29) is 5.41 Å². The zero-order chi connectivity index (χ0) is 16.0. The van der Waals surface area contributed by atoms with Gasteiger partial charge in [-0.15, -0.1) is 0 Å². The van der Waals surface area contributed by atoms with E-state index >= 15 is 0 Å². The quantitative estimate of drug-likeness (QED) is 0.876. The topological polar surface area (TPSA) is 32.3 Å². The number of carbonyl (C=O) groups excluding carboxylic acids is 1. The van der Waals surface area contributed by atoms with Crippen LogP contribution in [-0.4, -0.2) is 37.0 Å². The maximum absolute atomic E-state index is 12.9. The summed E-state index contributed by atoms with van der Waals surface area (Å²) in [4.78, 5) is 14.9. The maximum atomic E-state index is 12.9. The zero-order valence-electron chi connectivity index (χ0n) is 14.3. The standard InChI is InChI=1S/C19H30N2O/c1-4-20-15-17-10-12-21(13-11-17)18(22)19(2,3)14-16-8-6-5-7-9-16/h5-9,17,20H,4,10-15H2,1-3H3. The SMILES string of the molecule is CCNCC1CCN(C(=O)C(C)(C)Cc2ccccc2)CC1. The van der Waals surface area contributed by atoms with Crippen LogP contribution in [-0.2, 0) is 11.2 Å². The lowest BCUT2D eigenvalue weighted by Gasteiger charge is -2.37. The number of hydrogen-bond donors (Lipinski definition) is 1. The summed E-state index contributed by atoms with van der Waals surface area (Å²) in [6, 6.07) is 10.3. The lowest BCUT2D eigenvalue weighted by Crippen LogP contribution is -2.47. The summed E-state index contributed by atoms with van der Waals surface area (Å²) in [6.07, 6.45) is 3.06. The van der Waals surface area contributed by atoms with Gasteiger partial charge in [0.15, 0.2) is 0 Å². The van der Waals surface area contributed by atoms with E-state index in [1.165, 1.54) is 5.56 Å². The molecule has 0 aromatic heterocycles. The molecule has 0 aliphatic carbocycles. The van der Waals surface area contributed by atoms with Gasteiger partial charge in [0.25, 0.3) is 0 Å². The number of rotatable bonds is 6. The van der Waals surface area contributed by atoms with E-state index in [1.54, 1.807) is 0 Å². The van der Waals surface area contributed by atoms with Gasteiger partial charge in [-0.2, -0.15) is 0 Å². The molecule has 3 heteroatoms. The van der Waals surface area contributed by atoms with Crippen LogP contribution in [0.5, 0.6) is 0 Å². The van der Waals surface area contributed by atoms with Gasteiger partial charge in [-0.25, -0.2) is 0 Å². The van der Waals surface area contributed by atoms with E-state index in [0.29, 0.717) is 5.91 Å². The fraction of sp³-hybridized carbons (Fsp3) is 0.632. The maximum Gasteiger partial charge on any atom is 0.228 e. The molecule has 1 fully saturated rings. The molecule has 0 saturated carbocycles. The van der Waals surface area contributed by atoms with E-state index in [1.807, 2.05) is 18.2 Å². The molecular formula is C19H30N2O. The molecule has 122 valence electrons. The highest BCUT2D eigenvalue weighted by Crippen LogP contribution is 2.27. The molecule has 1 heterocycles. The monoisotopic (exact) mass is 302 g/mol. The number of benzene rings is 1. The first kappa shape index (κ1) is 17.0. The highest BCUT2D eigenvalue weighted by molar-refractivity contribution is 5.82. The van der Waals surface area contributed by atoms with Gasteiger partial charge in [0.2, 0.25) is 5.91 Å². The second-order valence-corrected chi connectivity index (χ2v) is 7.09. The van der Waals surface area contributed by atoms with Crippen molar-refractivity contribution in [3.63, 3.8) is 0 Å². The predicted molar refractivity (Wildman–Crippen MR) is 91.8 cm³/mol. The molecule has 1 aromatic rings. The van der Waals surface area contributed by atoms with Gasteiger partial charge in [-0.3, -0.25) is 4.79 Å². The van der Waals surface area contributed by atoms with Gasteiger partial charge in [-0.1, -0.05) is 51.1 Å². The van der Waals surface area contributed by atoms with Gasteiger partial charge >= 0.3 is 0 Å². The fourth-order valence-corrected chi connectivity index (χ4v) is 3.30. The average molecular weight is 302 g/mol. The van der Waals surface area contributed by atoms with Crippen LogP contribution in [0.2, 0.25) is 0 Å². The minimum Gasteiger partial charge on any atom is -0.342 e. The van der Waals surface area contributed by atoms with Gasteiger partial charge in [0.1, 0.15) is 0 Å². The van der Waals surface area contributed by atoms with Crippen LogP contribution in [0.1, 0.15) is 39.2 Å². The van der Waals surface area contributed by atoms with Crippen LogP contribution in [0.3, 0.4) is 0 Å². The third-order valence-electron chi connectivity index (χ3n) is 4.65. The molecule has 1 saturated heterocycles. The molecule has 1 aliphatic heterocycles. The third-order valence-corrected chi connectivity index (χ3v) is 4.65. The van der Waals surface area contributed by atoms with Crippen LogP contribution >= 0.6 is 0 Å². The Morgan fingerprint density at radius 1 is 1.23 bits per heavy atom. The summed E-state index contributed by atoms with van der Waals surface area (Å²) in [7, 11) is 0. The van der Waals surface area contributed by atoms with Crippen LogP contribution in [0.4, 0.5) is 0 Å². The highest BCUT2D eigenvalue weighted by Gasteiger charge is 2.33. The molecule has 1 aliphatic rings.